The van der Waals surface area contributed by atoms with E-state index in [0.29, 0.717) is 12.1 Å². The average molecular weight is 458 g/mol. The van der Waals surface area contributed by atoms with E-state index in [2.05, 4.69) is 31.1 Å². The number of rotatable bonds is 6. The number of H-pyrrole nitrogens is 1. The molecule has 0 fully saturated rings. The predicted octanol–water partition coefficient (Wildman–Crippen LogP) is 3.23. The summed E-state index contributed by atoms with van der Waals surface area (Å²) in [6, 6.07) is 13.5. The highest BCUT2D eigenvalue weighted by atomic mass is 32.2. The maximum Gasteiger partial charge on any atom is 0.208 e. The summed E-state index contributed by atoms with van der Waals surface area (Å²) < 4.78 is 26.1. The largest absolute Gasteiger partial charge is 0.346 e. The molecule has 0 radical (unpaired) electrons. The fourth-order valence-corrected chi connectivity index (χ4v) is 5.28. The van der Waals surface area contributed by atoms with Crippen LogP contribution in [-0.2, 0) is 9.84 Å². The molecule has 0 saturated heterocycles. The summed E-state index contributed by atoms with van der Waals surface area (Å²) in [5.41, 5.74) is 2.21. The highest BCUT2D eigenvalue weighted by Crippen LogP contribution is 2.33. The SMILES string of the molecule is N#CCC(c1cncc(S(=O)(=O)c2ccccc2)c1)N1CC(c2ncnc3[nH]ccc23)C=N1. The van der Waals surface area contributed by atoms with Crippen LogP contribution in [0.3, 0.4) is 0 Å². The second-order valence-corrected chi connectivity index (χ2v) is 9.59. The van der Waals surface area contributed by atoms with Crippen molar-refractivity contribution in [2.75, 3.05) is 6.54 Å². The lowest BCUT2D eigenvalue weighted by Gasteiger charge is -2.25. The van der Waals surface area contributed by atoms with Crippen LogP contribution in [0, 0.1) is 11.3 Å². The first-order valence-electron chi connectivity index (χ1n) is 10.3. The zero-order chi connectivity index (χ0) is 22.8. The van der Waals surface area contributed by atoms with Gasteiger partial charge in [-0.25, -0.2) is 18.4 Å². The lowest BCUT2D eigenvalue weighted by molar-refractivity contribution is 0.224. The molecule has 1 aromatic carbocycles. The molecule has 0 amide bonds. The molecule has 1 N–H and O–H groups in total. The molecule has 0 aliphatic carbocycles. The van der Waals surface area contributed by atoms with Crippen molar-refractivity contribution in [1.29, 1.82) is 5.26 Å². The van der Waals surface area contributed by atoms with Crippen molar-refractivity contribution in [3.63, 3.8) is 0 Å². The van der Waals surface area contributed by atoms with E-state index in [1.165, 1.54) is 12.5 Å². The van der Waals surface area contributed by atoms with Crippen molar-refractivity contribution in [3.8, 4) is 6.07 Å². The molecule has 164 valence electrons. The summed E-state index contributed by atoms with van der Waals surface area (Å²) in [6.07, 6.45) is 8.18. The van der Waals surface area contributed by atoms with Gasteiger partial charge in [0.2, 0.25) is 9.84 Å². The number of nitrogens with zero attached hydrogens (tertiary/aromatic N) is 6. The Labute approximate surface area is 190 Å². The van der Waals surface area contributed by atoms with Gasteiger partial charge in [-0.15, -0.1) is 0 Å². The first kappa shape index (κ1) is 20.8. The van der Waals surface area contributed by atoms with Gasteiger partial charge in [-0.2, -0.15) is 10.4 Å². The number of hydrazone groups is 1. The Kier molecular flexibility index (Phi) is 5.32. The van der Waals surface area contributed by atoms with Crippen LogP contribution < -0.4 is 0 Å². The molecule has 3 aromatic heterocycles. The molecule has 0 bridgehead atoms. The van der Waals surface area contributed by atoms with Gasteiger partial charge >= 0.3 is 0 Å². The molecule has 10 heteroatoms. The summed E-state index contributed by atoms with van der Waals surface area (Å²) in [6.45, 7) is 0.499. The molecule has 4 aromatic rings. The third-order valence-electron chi connectivity index (χ3n) is 5.64. The van der Waals surface area contributed by atoms with Gasteiger partial charge in [-0.3, -0.25) is 9.99 Å². The van der Waals surface area contributed by atoms with Gasteiger partial charge < -0.3 is 4.98 Å². The number of aromatic nitrogens is 4. The maximum atomic E-state index is 13.1. The summed E-state index contributed by atoms with van der Waals surface area (Å²) in [5.74, 6) is -0.0864. The number of benzene rings is 1. The van der Waals surface area contributed by atoms with E-state index in [1.807, 2.05) is 12.3 Å². The van der Waals surface area contributed by atoms with Crippen molar-refractivity contribution >= 4 is 27.1 Å². The molecule has 1 aliphatic rings. The summed E-state index contributed by atoms with van der Waals surface area (Å²) in [4.78, 5) is 16.2. The smallest absolute Gasteiger partial charge is 0.208 e. The lowest BCUT2D eigenvalue weighted by Crippen LogP contribution is -2.24. The minimum absolute atomic E-state index is 0.0821. The second kappa shape index (κ2) is 8.44. The topological polar surface area (TPSA) is 128 Å². The van der Waals surface area contributed by atoms with E-state index >= 15 is 0 Å². The molecule has 2 atom stereocenters. The quantitative estimate of drug-likeness (QED) is 0.471. The van der Waals surface area contributed by atoms with E-state index in [1.54, 1.807) is 53.8 Å². The predicted molar refractivity (Wildman–Crippen MR) is 121 cm³/mol. The van der Waals surface area contributed by atoms with Crippen molar-refractivity contribution in [2.24, 2.45) is 5.10 Å². The molecule has 0 spiro atoms. The number of aromatic amines is 1. The fraction of sp³-hybridized carbons (Fsp3) is 0.174. The Hall–Kier alpha value is -4.10. The Morgan fingerprint density at radius 3 is 2.82 bits per heavy atom. The van der Waals surface area contributed by atoms with Crippen LogP contribution in [0.1, 0.15) is 29.6 Å². The van der Waals surface area contributed by atoms with Crippen LogP contribution in [0.2, 0.25) is 0 Å². The van der Waals surface area contributed by atoms with E-state index in [4.69, 9.17) is 0 Å². The molecule has 33 heavy (non-hydrogen) atoms. The average Bonchev–Trinajstić information content (AvgIpc) is 3.53. The molecule has 5 rings (SSSR count). The number of hydrogen-bond acceptors (Lipinski definition) is 8. The van der Waals surface area contributed by atoms with Gasteiger partial charge in [0.05, 0.1) is 46.5 Å². The zero-order valence-electron chi connectivity index (χ0n) is 17.4. The number of hydrogen-bond donors (Lipinski definition) is 1. The molecule has 1 aliphatic heterocycles. The standard InChI is InChI=1S/C23H19N7O2S/c24-8-6-21(16-10-19(13-25-11-16)33(31,32)18-4-2-1-3-5-18)30-14-17(12-29-30)22-20-7-9-26-23(20)28-15-27-22/h1-5,7,9-13,15,17,21H,6,14H2,(H,26,27,28). The maximum absolute atomic E-state index is 13.1. The van der Waals surface area contributed by atoms with Crippen LogP contribution in [0.4, 0.5) is 0 Å². The molecule has 4 heterocycles. The van der Waals surface area contributed by atoms with Crippen LogP contribution in [0.5, 0.6) is 0 Å². The Morgan fingerprint density at radius 2 is 2.00 bits per heavy atom. The van der Waals surface area contributed by atoms with Crippen molar-refractivity contribution in [2.45, 2.75) is 28.2 Å². The highest BCUT2D eigenvalue weighted by Gasteiger charge is 2.30. The summed E-state index contributed by atoms with van der Waals surface area (Å²) >= 11 is 0. The Morgan fingerprint density at radius 1 is 1.15 bits per heavy atom. The van der Waals surface area contributed by atoms with Crippen LogP contribution >= 0.6 is 0 Å². The second-order valence-electron chi connectivity index (χ2n) is 7.64. The monoisotopic (exact) mass is 457 g/mol. The minimum Gasteiger partial charge on any atom is -0.346 e. The van der Waals surface area contributed by atoms with Crippen LogP contribution in [-0.4, -0.2) is 46.1 Å². The van der Waals surface area contributed by atoms with Crippen molar-refractivity contribution in [3.05, 3.63) is 78.6 Å². The summed E-state index contributed by atoms with van der Waals surface area (Å²) in [5, 5.41) is 16.7. The Bertz CT molecular complexity index is 1480. The Balaban J connectivity index is 1.45. The number of sulfone groups is 1. The van der Waals surface area contributed by atoms with E-state index in [0.717, 1.165) is 16.7 Å². The molecular formula is C23H19N7O2S. The zero-order valence-corrected chi connectivity index (χ0v) is 18.2. The molecule has 0 saturated carbocycles. The first-order chi connectivity index (χ1) is 16.1. The van der Waals surface area contributed by atoms with Crippen molar-refractivity contribution < 1.29 is 8.42 Å². The van der Waals surface area contributed by atoms with Gasteiger partial charge in [-0.05, 0) is 29.8 Å². The number of pyridine rings is 1. The van der Waals surface area contributed by atoms with E-state index in [-0.39, 0.29) is 22.1 Å². The normalized spacial score (nSPS) is 16.7. The highest BCUT2D eigenvalue weighted by molar-refractivity contribution is 7.91. The molecular weight excluding hydrogens is 438 g/mol. The van der Waals surface area contributed by atoms with Gasteiger partial charge in [0, 0.05) is 30.2 Å². The lowest BCUT2D eigenvalue weighted by atomic mass is 10.0. The van der Waals surface area contributed by atoms with Gasteiger partial charge in [-0.1, -0.05) is 18.2 Å². The number of fused-ring (bicyclic) bond motifs is 1. The van der Waals surface area contributed by atoms with Crippen LogP contribution in [0.15, 0.2) is 82.3 Å². The fourth-order valence-electron chi connectivity index (χ4n) is 4.00. The van der Waals surface area contributed by atoms with Gasteiger partial charge in [0.25, 0.3) is 0 Å². The summed E-state index contributed by atoms with van der Waals surface area (Å²) in [7, 11) is -3.73. The van der Waals surface area contributed by atoms with E-state index in [9.17, 15) is 13.7 Å². The first-order valence-corrected chi connectivity index (χ1v) is 11.8. The van der Waals surface area contributed by atoms with E-state index < -0.39 is 15.9 Å². The third kappa shape index (κ3) is 3.83. The van der Waals surface area contributed by atoms with Crippen molar-refractivity contribution in [1.82, 2.24) is 24.9 Å². The van der Waals surface area contributed by atoms with Crippen LogP contribution in [0.25, 0.3) is 11.0 Å². The molecule has 9 nitrogen and oxygen atoms in total. The number of nitrogens with one attached hydrogen (secondary N) is 1. The van der Waals surface area contributed by atoms with Gasteiger partial charge in [0.15, 0.2) is 0 Å². The third-order valence-corrected chi connectivity index (χ3v) is 7.38. The molecule has 2 unspecified atom stereocenters. The van der Waals surface area contributed by atoms with Gasteiger partial charge in [0.1, 0.15) is 12.0 Å². The minimum atomic E-state index is -3.73. The number of nitriles is 1.